The normalized spacial score (nSPS) is 23.4. The van der Waals surface area contributed by atoms with Crippen LogP contribution in [0.4, 0.5) is 5.69 Å². The van der Waals surface area contributed by atoms with E-state index in [-0.39, 0.29) is 18.9 Å². The van der Waals surface area contributed by atoms with Gasteiger partial charge < -0.3 is 9.64 Å². The minimum atomic E-state index is -3.73. The molecule has 2 fully saturated rings. The summed E-state index contributed by atoms with van der Waals surface area (Å²) in [7, 11) is 1.69. The third kappa shape index (κ3) is 3.85. The number of anilines is 1. The Labute approximate surface area is 140 Å². The number of nitrogens with zero attached hydrogens (tertiary/aromatic N) is 2. The predicted molar refractivity (Wildman–Crippen MR) is 88.1 cm³/mol. The van der Waals surface area contributed by atoms with Gasteiger partial charge in [0.1, 0.15) is 5.25 Å². The van der Waals surface area contributed by atoms with Gasteiger partial charge in [-0.1, -0.05) is 18.2 Å². The maximum absolute atomic E-state index is 12.2. The van der Waals surface area contributed by atoms with E-state index < -0.39 is 14.3 Å². The second kappa shape index (κ2) is 6.76. The molecule has 0 N–H and O–H groups in total. The Morgan fingerprint density at radius 1 is 1.22 bits per heavy atom. The molecule has 0 radical (unpaired) electrons. The Bertz CT molecular complexity index is 688. The smallest absolute Gasteiger partial charge is 0.237 e. The molecule has 1 atom stereocenters. The van der Waals surface area contributed by atoms with Crippen LogP contribution in [0.3, 0.4) is 0 Å². The van der Waals surface area contributed by atoms with E-state index >= 15 is 0 Å². The van der Waals surface area contributed by atoms with Gasteiger partial charge in [0.05, 0.1) is 13.2 Å². The van der Waals surface area contributed by atoms with Crippen molar-refractivity contribution in [3.8, 4) is 0 Å². The van der Waals surface area contributed by atoms with E-state index in [2.05, 4.69) is 4.90 Å². The van der Waals surface area contributed by atoms with E-state index in [1.807, 2.05) is 24.3 Å². The summed E-state index contributed by atoms with van der Waals surface area (Å²) in [6, 6.07) is 7.61. The molecule has 0 spiro atoms. The highest BCUT2D eigenvalue weighted by Crippen LogP contribution is 2.30. The predicted octanol–water partition coefficient (Wildman–Crippen LogP) is 1.19. The van der Waals surface area contributed by atoms with E-state index in [1.54, 1.807) is 4.90 Å². The first-order valence-corrected chi connectivity index (χ1v) is 9.94. The molecule has 2 aliphatic heterocycles. The van der Waals surface area contributed by atoms with Gasteiger partial charge in [0.15, 0.2) is 0 Å². The summed E-state index contributed by atoms with van der Waals surface area (Å²) in [5, 5.41) is -0.840. The van der Waals surface area contributed by atoms with Gasteiger partial charge in [-0.05, 0) is 11.6 Å². The van der Waals surface area contributed by atoms with E-state index in [0.717, 1.165) is 24.3 Å². The van der Waals surface area contributed by atoms with Crippen molar-refractivity contribution in [3.05, 3.63) is 29.8 Å². The maximum atomic E-state index is 12.2. The molecule has 0 saturated carbocycles. The maximum Gasteiger partial charge on any atom is 0.237 e. The van der Waals surface area contributed by atoms with E-state index in [4.69, 9.17) is 15.4 Å². The van der Waals surface area contributed by atoms with Crippen LogP contribution < -0.4 is 4.90 Å². The number of para-hydroxylation sites is 1. The second-order valence-electron chi connectivity index (χ2n) is 5.82. The number of benzene rings is 1. The molecule has 1 aromatic carbocycles. The Hall–Kier alpha value is -1.15. The van der Waals surface area contributed by atoms with Gasteiger partial charge in [-0.15, -0.1) is 0 Å². The third-order valence-electron chi connectivity index (χ3n) is 4.27. The number of amides is 1. The van der Waals surface area contributed by atoms with Crippen molar-refractivity contribution in [2.75, 3.05) is 37.7 Å². The van der Waals surface area contributed by atoms with Crippen molar-refractivity contribution >= 4 is 31.3 Å². The third-order valence-corrected chi connectivity index (χ3v) is 6.14. The lowest BCUT2D eigenvalue weighted by Gasteiger charge is -2.28. The summed E-state index contributed by atoms with van der Waals surface area (Å²) in [5.74, 6) is -0.200. The van der Waals surface area contributed by atoms with Gasteiger partial charge >= 0.3 is 0 Å². The zero-order chi connectivity index (χ0) is 16.4. The Morgan fingerprint density at radius 3 is 2.57 bits per heavy atom. The van der Waals surface area contributed by atoms with Gasteiger partial charge in [0.2, 0.25) is 15.0 Å². The number of carbonyl (C=O) groups is 1. The minimum absolute atomic E-state index is 0.0578. The molecule has 126 valence electrons. The molecule has 2 heterocycles. The Morgan fingerprint density at radius 2 is 1.91 bits per heavy atom. The quantitative estimate of drug-likeness (QED) is 0.756. The summed E-state index contributed by atoms with van der Waals surface area (Å²) in [6.45, 7) is 3.93. The van der Waals surface area contributed by atoms with Crippen LogP contribution >= 0.6 is 10.7 Å². The molecule has 1 amide bonds. The SMILES string of the molecule is O=C1CC(S(=O)(=O)Cl)CN1c1ccccc1CN1CCOCC1. The zero-order valence-corrected chi connectivity index (χ0v) is 14.2. The molecule has 8 heteroatoms. The van der Waals surface area contributed by atoms with E-state index in [9.17, 15) is 13.2 Å². The molecule has 2 aliphatic rings. The number of carbonyl (C=O) groups excluding carboxylic acids is 1. The molecule has 0 aliphatic carbocycles. The van der Waals surface area contributed by atoms with Gasteiger partial charge in [-0.2, -0.15) is 0 Å². The lowest BCUT2D eigenvalue weighted by atomic mass is 10.1. The van der Waals surface area contributed by atoms with Crippen LogP contribution in [0.5, 0.6) is 0 Å². The van der Waals surface area contributed by atoms with Crippen LogP contribution in [0.25, 0.3) is 0 Å². The minimum Gasteiger partial charge on any atom is -0.379 e. The lowest BCUT2D eigenvalue weighted by Crippen LogP contribution is -2.36. The fourth-order valence-electron chi connectivity index (χ4n) is 3.00. The van der Waals surface area contributed by atoms with Gasteiger partial charge in [0, 0.05) is 49.0 Å². The number of morpholine rings is 1. The molecule has 3 rings (SSSR count). The van der Waals surface area contributed by atoms with Gasteiger partial charge in [-0.25, -0.2) is 8.42 Å². The molecule has 23 heavy (non-hydrogen) atoms. The number of ether oxygens (including phenoxy) is 1. The number of rotatable bonds is 4. The number of hydrogen-bond donors (Lipinski definition) is 0. The van der Waals surface area contributed by atoms with Crippen LogP contribution in [0.15, 0.2) is 24.3 Å². The molecule has 0 aromatic heterocycles. The zero-order valence-electron chi connectivity index (χ0n) is 12.7. The largest absolute Gasteiger partial charge is 0.379 e. The molecule has 6 nitrogen and oxygen atoms in total. The number of hydrogen-bond acceptors (Lipinski definition) is 5. The van der Waals surface area contributed by atoms with E-state index in [1.165, 1.54) is 0 Å². The van der Waals surface area contributed by atoms with Crippen molar-refractivity contribution < 1.29 is 17.9 Å². The number of halogens is 1. The molecule has 2 saturated heterocycles. The van der Waals surface area contributed by atoms with Gasteiger partial charge in [-0.3, -0.25) is 9.69 Å². The Kier molecular flexibility index (Phi) is 4.91. The summed E-state index contributed by atoms with van der Waals surface area (Å²) < 4.78 is 28.4. The second-order valence-corrected chi connectivity index (χ2v) is 8.73. The fraction of sp³-hybridized carbons (Fsp3) is 0.533. The average molecular weight is 359 g/mol. The molecule has 1 unspecified atom stereocenters. The highest BCUT2D eigenvalue weighted by Gasteiger charge is 2.38. The van der Waals surface area contributed by atoms with Crippen LogP contribution in [-0.4, -0.2) is 57.3 Å². The molecule has 1 aromatic rings. The monoisotopic (exact) mass is 358 g/mol. The summed E-state index contributed by atoms with van der Waals surface area (Å²) >= 11 is 0. The highest BCUT2D eigenvalue weighted by atomic mass is 35.7. The average Bonchev–Trinajstić information content (AvgIpc) is 2.91. The first-order valence-electron chi connectivity index (χ1n) is 7.57. The van der Waals surface area contributed by atoms with Crippen LogP contribution in [-0.2, 0) is 25.1 Å². The highest BCUT2D eigenvalue weighted by molar-refractivity contribution is 8.14. The van der Waals surface area contributed by atoms with Crippen LogP contribution in [0, 0.1) is 0 Å². The van der Waals surface area contributed by atoms with Crippen molar-refractivity contribution in [1.29, 1.82) is 0 Å². The van der Waals surface area contributed by atoms with Crippen molar-refractivity contribution in [2.45, 2.75) is 18.2 Å². The van der Waals surface area contributed by atoms with Crippen molar-refractivity contribution in [2.24, 2.45) is 0 Å². The first-order chi connectivity index (χ1) is 10.9. The van der Waals surface area contributed by atoms with Crippen molar-refractivity contribution in [1.82, 2.24) is 4.90 Å². The van der Waals surface area contributed by atoms with Crippen molar-refractivity contribution in [3.63, 3.8) is 0 Å². The molecule has 0 bridgehead atoms. The molecular weight excluding hydrogens is 340 g/mol. The lowest BCUT2D eigenvalue weighted by molar-refractivity contribution is -0.117. The van der Waals surface area contributed by atoms with Crippen LogP contribution in [0.1, 0.15) is 12.0 Å². The summed E-state index contributed by atoms with van der Waals surface area (Å²) in [6.07, 6.45) is -0.0578. The molecular formula is C15H19ClN2O4S. The fourth-order valence-corrected chi connectivity index (χ4v) is 4.03. The first kappa shape index (κ1) is 16.7. The standard InChI is InChI=1S/C15H19ClN2O4S/c16-23(20,21)13-9-15(19)18(11-13)14-4-2-1-3-12(14)10-17-5-7-22-8-6-17/h1-4,13H,5-11H2. The summed E-state index contributed by atoms with van der Waals surface area (Å²) in [5.41, 5.74) is 1.78. The van der Waals surface area contributed by atoms with E-state index in [0.29, 0.717) is 19.8 Å². The van der Waals surface area contributed by atoms with Crippen LogP contribution in [0.2, 0.25) is 0 Å². The summed E-state index contributed by atoms with van der Waals surface area (Å²) in [4.78, 5) is 16.1. The Balaban J connectivity index is 1.81. The topological polar surface area (TPSA) is 66.9 Å². The van der Waals surface area contributed by atoms with Gasteiger partial charge in [0.25, 0.3) is 0 Å².